The summed E-state index contributed by atoms with van der Waals surface area (Å²) in [5, 5.41) is 11.4. The Bertz CT molecular complexity index is 567. The van der Waals surface area contributed by atoms with Crippen LogP contribution in [-0.2, 0) is 0 Å². The third-order valence-electron chi connectivity index (χ3n) is 2.48. The van der Waals surface area contributed by atoms with Crippen molar-refractivity contribution in [1.82, 2.24) is 4.98 Å². The number of aromatic nitrogens is 1. The van der Waals surface area contributed by atoms with Gasteiger partial charge in [0.05, 0.1) is 5.02 Å². The average molecular weight is 249 g/mol. The van der Waals surface area contributed by atoms with Gasteiger partial charge in [0.1, 0.15) is 11.3 Å². The van der Waals surface area contributed by atoms with E-state index in [9.17, 15) is 5.11 Å². The van der Waals surface area contributed by atoms with Crippen LogP contribution in [0.2, 0.25) is 5.02 Å². The Hall–Kier alpha value is -1.58. The lowest BCUT2D eigenvalue weighted by Gasteiger charge is -2.05. The zero-order chi connectivity index (χ0) is 12.3. The minimum atomic E-state index is 0.151. The highest BCUT2D eigenvalue weighted by Gasteiger charge is 2.08. The molecule has 0 bridgehead atoms. The van der Waals surface area contributed by atoms with Crippen LogP contribution in [0.3, 0.4) is 0 Å². The van der Waals surface area contributed by atoms with E-state index in [2.05, 4.69) is 4.98 Å². The van der Waals surface area contributed by atoms with Gasteiger partial charge in [0.15, 0.2) is 0 Å². The molecule has 1 aromatic carbocycles. The molecule has 0 saturated carbocycles. The third kappa shape index (κ3) is 2.40. The maximum absolute atomic E-state index is 10.1. The molecular formula is C13H13ClN2O. The van der Waals surface area contributed by atoms with Crippen molar-refractivity contribution in [3.63, 3.8) is 0 Å². The van der Waals surface area contributed by atoms with Crippen LogP contribution in [0.1, 0.15) is 12.0 Å². The van der Waals surface area contributed by atoms with Gasteiger partial charge in [-0.25, -0.2) is 0 Å². The molecule has 0 aliphatic rings. The van der Waals surface area contributed by atoms with Crippen molar-refractivity contribution in [2.75, 3.05) is 6.54 Å². The Morgan fingerprint density at radius 1 is 1.47 bits per heavy atom. The minimum Gasteiger partial charge on any atom is -0.505 e. The first-order chi connectivity index (χ1) is 8.24. The quantitative estimate of drug-likeness (QED) is 0.878. The van der Waals surface area contributed by atoms with Crippen molar-refractivity contribution in [3.8, 4) is 5.75 Å². The smallest absolute Gasteiger partial charge is 0.149 e. The molecule has 4 heteroatoms. The van der Waals surface area contributed by atoms with Gasteiger partial charge in [-0.2, -0.15) is 0 Å². The summed E-state index contributed by atoms with van der Waals surface area (Å²) in [6.45, 7) is 0.580. The molecule has 3 N–H and O–H groups in total. The van der Waals surface area contributed by atoms with Crippen molar-refractivity contribution < 1.29 is 5.11 Å². The normalized spacial score (nSPS) is 11.4. The molecule has 3 nitrogen and oxygen atoms in total. The largest absolute Gasteiger partial charge is 0.505 e. The number of phenolic OH excluding ortho intramolecular Hbond substituents is 1. The maximum atomic E-state index is 10.1. The first kappa shape index (κ1) is 11.9. The number of rotatable bonds is 3. The van der Waals surface area contributed by atoms with Gasteiger partial charge in [-0.15, -0.1) is 0 Å². The zero-order valence-corrected chi connectivity index (χ0v) is 9.98. The molecule has 2 aromatic rings. The summed E-state index contributed by atoms with van der Waals surface area (Å²) >= 11 is 6.14. The topological polar surface area (TPSA) is 59.1 Å². The van der Waals surface area contributed by atoms with Crippen LogP contribution in [0.15, 0.2) is 30.5 Å². The molecule has 88 valence electrons. The number of nitrogens with two attached hydrogens (primary N) is 1. The molecule has 0 saturated heterocycles. The van der Waals surface area contributed by atoms with Crippen molar-refractivity contribution in [2.45, 2.75) is 6.42 Å². The van der Waals surface area contributed by atoms with Gasteiger partial charge >= 0.3 is 0 Å². The molecule has 0 amide bonds. The van der Waals surface area contributed by atoms with Crippen LogP contribution < -0.4 is 5.73 Å². The number of nitrogens with zero attached hydrogens (tertiary/aromatic N) is 1. The zero-order valence-electron chi connectivity index (χ0n) is 9.23. The van der Waals surface area contributed by atoms with Gasteiger partial charge in [0, 0.05) is 17.1 Å². The van der Waals surface area contributed by atoms with E-state index in [1.54, 1.807) is 18.3 Å². The van der Waals surface area contributed by atoms with Gasteiger partial charge < -0.3 is 10.8 Å². The van der Waals surface area contributed by atoms with E-state index in [1.165, 1.54) is 0 Å². The summed E-state index contributed by atoms with van der Waals surface area (Å²) in [5.41, 5.74) is 6.58. The monoisotopic (exact) mass is 248 g/mol. The van der Waals surface area contributed by atoms with Gasteiger partial charge in [0.25, 0.3) is 0 Å². The number of benzene rings is 1. The number of phenols is 1. The molecule has 0 atom stereocenters. The number of hydrogen-bond donors (Lipinski definition) is 2. The number of pyridine rings is 1. The van der Waals surface area contributed by atoms with Crippen LogP contribution in [0.4, 0.5) is 0 Å². The predicted octanol–water partition coefficient (Wildman–Crippen LogP) is 2.96. The predicted molar refractivity (Wildman–Crippen MR) is 71.1 cm³/mol. The van der Waals surface area contributed by atoms with Gasteiger partial charge in [-0.05, 0) is 31.2 Å². The number of aromatic hydroxyl groups is 1. The van der Waals surface area contributed by atoms with Crippen molar-refractivity contribution in [1.29, 1.82) is 0 Å². The first-order valence-electron chi connectivity index (χ1n) is 5.37. The van der Waals surface area contributed by atoms with Crippen molar-refractivity contribution >= 4 is 28.6 Å². The van der Waals surface area contributed by atoms with Crippen molar-refractivity contribution in [2.24, 2.45) is 5.73 Å². The fourth-order valence-corrected chi connectivity index (χ4v) is 1.91. The van der Waals surface area contributed by atoms with Crippen LogP contribution >= 0.6 is 11.6 Å². The Morgan fingerprint density at radius 2 is 2.29 bits per heavy atom. The number of fused-ring (bicyclic) bond motifs is 1. The molecule has 0 fully saturated rings. The Balaban J connectivity index is 2.55. The SMILES string of the molecule is NCCC=Cc1cc(Cl)c2cccnc2c1O. The molecule has 17 heavy (non-hydrogen) atoms. The van der Waals surface area contributed by atoms with Crippen molar-refractivity contribution in [3.05, 3.63) is 41.1 Å². The van der Waals surface area contributed by atoms with Crippen LogP contribution in [0, 0.1) is 0 Å². The molecule has 1 heterocycles. The van der Waals surface area contributed by atoms with Gasteiger partial charge in [0.2, 0.25) is 0 Å². The molecule has 0 spiro atoms. The standard InChI is InChI=1S/C13H13ClN2O/c14-11-8-9(4-1-2-6-15)13(17)12-10(11)5-3-7-16-12/h1,3-5,7-8,17H,2,6,15H2. The van der Waals surface area contributed by atoms with E-state index < -0.39 is 0 Å². The molecule has 0 unspecified atom stereocenters. The lowest BCUT2D eigenvalue weighted by molar-refractivity contribution is 0.479. The lowest BCUT2D eigenvalue weighted by Crippen LogP contribution is -1.95. The molecule has 0 aliphatic heterocycles. The van der Waals surface area contributed by atoms with E-state index >= 15 is 0 Å². The van der Waals surface area contributed by atoms with E-state index in [1.807, 2.05) is 18.2 Å². The van der Waals surface area contributed by atoms with Crippen LogP contribution in [-0.4, -0.2) is 16.6 Å². The molecule has 0 radical (unpaired) electrons. The van der Waals surface area contributed by atoms with Gasteiger partial charge in [-0.1, -0.05) is 23.8 Å². The fourth-order valence-electron chi connectivity index (χ4n) is 1.64. The molecule has 1 aromatic heterocycles. The second-order valence-corrected chi connectivity index (χ2v) is 4.08. The second-order valence-electron chi connectivity index (χ2n) is 3.68. The second kappa shape index (κ2) is 5.17. The number of hydrogen-bond acceptors (Lipinski definition) is 3. The molecular weight excluding hydrogens is 236 g/mol. The Kier molecular flexibility index (Phi) is 3.61. The number of halogens is 1. The highest BCUT2D eigenvalue weighted by atomic mass is 35.5. The summed E-state index contributed by atoms with van der Waals surface area (Å²) in [5.74, 6) is 0.151. The first-order valence-corrected chi connectivity index (χ1v) is 5.74. The van der Waals surface area contributed by atoms with E-state index in [0.717, 1.165) is 11.8 Å². The Labute approximate surface area is 105 Å². The average Bonchev–Trinajstić information content (AvgIpc) is 2.36. The summed E-state index contributed by atoms with van der Waals surface area (Å²) in [7, 11) is 0. The van der Waals surface area contributed by atoms with E-state index in [0.29, 0.717) is 22.6 Å². The van der Waals surface area contributed by atoms with E-state index in [-0.39, 0.29) is 5.75 Å². The maximum Gasteiger partial charge on any atom is 0.149 e. The summed E-state index contributed by atoms with van der Waals surface area (Å²) < 4.78 is 0. The lowest BCUT2D eigenvalue weighted by atomic mass is 10.1. The Morgan fingerprint density at radius 3 is 3.06 bits per heavy atom. The summed E-state index contributed by atoms with van der Waals surface area (Å²) in [6.07, 6.45) is 6.10. The van der Waals surface area contributed by atoms with Crippen LogP contribution in [0.5, 0.6) is 5.75 Å². The van der Waals surface area contributed by atoms with E-state index in [4.69, 9.17) is 17.3 Å². The summed E-state index contributed by atoms with van der Waals surface area (Å²) in [4.78, 5) is 4.14. The highest BCUT2D eigenvalue weighted by molar-refractivity contribution is 6.35. The summed E-state index contributed by atoms with van der Waals surface area (Å²) in [6, 6.07) is 5.35. The highest BCUT2D eigenvalue weighted by Crippen LogP contribution is 2.33. The van der Waals surface area contributed by atoms with Gasteiger partial charge in [-0.3, -0.25) is 4.98 Å². The fraction of sp³-hybridized carbons (Fsp3) is 0.154. The van der Waals surface area contributed by atoms with Crippen LogP contribution in [0.25, 0.3) is 17.0 Å². The minimum absolute atomic E-state index is 0.151. The molecule has 0 aliphatic carbocycles. The molecule has 2 rings (SSSR count). The third-order valence-corrected chi connectivity index (χ3v) is 2.79.